The SMILES string of the molecule is NNc1ccncc1S(=O)(=O)N1CCCC(CO)C1. The number of piperidine rings is 1. The lowest BCUT2D eigenvalue weighted by Gasteiger charge is -2.31. The first kappa shape index (κ1) is 14.2. The number of nitrogens with one attached hydrogen (secondary N) is 1. The lowest BCUT2D eigenvalue weighted by Crippen LogP contribution is -2.41. The van der Waals surface area contributed by atoms with Crippen LogP contribution >= 0.6 is 0 Å². The Hall–Kier alpha value is -1.22. The van der Waals surface area contributed by atoms with Crippen LogP contribution in [0.25, 0.3) is 0 Å². The molecule has 0 spiro atoms. The molecule has 7 nitrogen and oxygen atoms in total. The average Bonchev–Trinajstić information content (AvgIpc) is 2.47. The summed E-state index contributed by atoms with van der Waals surface area (Å²) in [7, 11) is -3.63. The van der Waals surface area contributed by atoms with Gasteiger partial charge in [0.1, 0.15) is 4.90 Å². The molecule has 1 aliphatic rings. The number of nitrogen functional groups attached to an aromatic ring is 1. The van der Waals surface area contributed by atoms with Crippen molar-refractivity contribution in [1.29, 1.82) is 0 Å². The van der Waals surface area contributed by atoms with Crippen molar-refractivity contribution in [1.82, 2.24) is 9.29 Å². The van der Waals surface area contributed by atoms with E-state index in [1.165, 1.54) is 22.8 Å². The maximum absolute atomic E-state index is 12.5. The molecule has 2 rings (SSSR count). The second-order valence-electron chi connectivity index (χ2n) is 4.57. The van der Waals surface area contributed by atoms with Crippen LogP contribution in [-0.2, 0) is 10.0 Å². The number of hydrogen-bond donors (Lipinski definition) is 3. The molecule has 106 valence electrons. The molecule has 2 heterocycles. The third-order valence-corrected chi connectivity index (χ3v) is 5.19. The van der Waals surface area contributed by atoms with Crippen LogP contribution in [0.15, 0.2) is 23.4 Å². The largest absolute Gasteiger partial charge is 0.396 e. The predicted octanol–water partition coefficient (Wildman–Crippen LogP) is -0.240. The molecule has 0 radical (unpaired) electrons. The van der Waals surface area contributed by atoms with Gasteiger partial charge in [-0.15, -0.1) is 0 Å². The Balaban J connectivity index is 2.31. The molecule has 1 unspecified atom stereocenters. The van der Waals surface area contributed by atoms with Gasteiger partial charge in [-0.2, -0.15) is 4.31 Å². The van der Waals surface area contributed by atoms with Crippen LogP contribution in [0.1, 0.15) is 12.8 Å². The number of aliphatic hydroxyl groups excluding tert-OH is 1. The smallest absolute Gasteiger partial charge is 0.246 e. The van der Waals surface area contributed by atoms with E-state index in [9.17, 15) is 13.5 Å². The van der Waals surface area contributed by atoms with Crippen molar-refractivity contribution in [2.45, 2.75) is 17.7 Å². The quantitative estimate of drug-likeness (QED) is 0.521. The summed E-state index contributed by atoms with van der Waals surface area (Å²) in [5, 5.41) is 9.18. The number of rotatable bonds is 4. The Morgan fingerprint density at radius 1 is 1.58 bits per heavy atom. The van der Waals surface area contributed by atoms with Crippen LogP contribution in [0.5, 0.6) is 0 Å². The number of aliphatic hydroxyl groups is 1. The molecule has 1 saturated heterocycles. The third kappa shape index (κ3) is 2.86. The summed E-state index contributed by atoms with van der Waals surface area (Å²) < 4.78 is 26.5. The van der Waals surface area contributed by atoms with E-state index < -0.39 is 10.0 Å². The van der Waals surface area contributed by atoms with Gasteiger partial charge in [0.05, 0.1) is 5.69 Å². The lowest BCUT2D eigenvalue weighted by molar-refractivity contribution is 0.165. The maximum atomic E-state index is 12.5. The minimum absolute atomic E-state index is 0.00105. The molecule has 19 heavy (non-hydrogen) atoms. The van der Waals surface area contributed by atoms with Gasteiger partial charge in [0, 0.05) is 32.1 Å². The van der Waals surface area contributed by atoms with Crippen LogP contribution < -0.4 is 11.3 Å². The summed E-state index contributed by atoms with van der Waals surface area (Å²) in [5.41, 5.74) is 2.69. The van der Waals surface area contributed by atoms with Gasteiger partial charge < -0.3 is 10.5 Å². The molecule has 4 N–H and O–H groups in total. The molecule has 0 saturated carbocycles. The highest BCUT2D eigenvalue weighted by Crippen LogP contribution is 2.26. The number of nitrogens with zero attached hydrogens (tertiary/aromatic N) is 2. The molecule has 1 atom stereocenters. The molecule has 0 aromatic carbocycles. The molecule has 1 aromatic heterocycles. The summed E-state index contributed by atoms with van der Waals surface area (Å²) in [6, 6.07) is 1.51. The first-order valence-corrected chi connectivity index (χ1v) is 7.55. The first-order valence-electron chi connectivity index (χ1n) is 6.11. The normalized spacial score (nSPS) is 21.3. The van der Waals surface area contributed by atoms with Crippen molar-refractivity contribution in [2.24, 2.45) is 11.8 Å². The van der Waals surface area contributed by atoms with Crippen molar-refractivity contribution < 1.29 is 13.5 Å². The third-order valence-electron chi connectivity index (χ3n) is 3.30. The Morgan fingerprint density at radius 3 is 3.05 bits per heavy atom. The zero-order chi connectivity index (χ0) is 13.9. The zero-order valence-corrected chi connectivity index (χ0v) is 11.3. The van der Waals surface area contributed by atoms with Gasteiger partial charge in [-0.3, -0.25) is 10.8 Å². The summed E-state index contributed by atoms with van der Waals surface area (Å²) in [6.45, 7) is 0.788. The number of hydrazine groups is 1. The van der Waals surface area contributed by atoms with Crippen LogP contribution in [-0.4, -0.2) is 42.5 Å². The van der Waals surface area contributed by atoms with Gasteiger partial charge >= 0.3 is 0 Å². The molecule has 1 fully saturated rings. The van der Waals surface area contributed by atoms with E-state index in [1.54, 1.807) is 0 Å². The lowest BCUT2D eigenvalue weighted by atomic mass is 10.0. The molecule has 0 aliphatic carbocycles. The van der Waals surface area contributed by atoms with Crippen LogP contribution in [0, 0.1) is 5.92 Å². The highest BCUT2D eigenvalue weighted by molar-refractivity contribution is 7.89. The van der Waals surface area contributed by atoms with E-state index >= 15 is 0 Å². The second-order valence-corrected chi connectivity index (χ2v) is 6.48. The maximum Gasteiger partial charge on any atom is 0.246 e. The number of anilines is 1. The van der Waals surface area contributed by atoms with E-state index in [-0.39, 0.29) is 17.4 Å². The molecular weight excluding hydrogens is 268 g/mol. The Bertz CT molecular complexity index is 534. The van der Waals surface area contributed by atoms with Crippen molar-refractivity contribution in [2.75, 3.05) is 25.1 Å². The van der Waals surface area contributed by atoms with Crippen molar-refractivity contribution in [3.05, 3.63) is 18.5 Å². The van der Waals surface area contributed by atoms with Gasteiger partial charge in [-0.05, 0) is 24.8 Å². The Morgan fingerprint density at radius 2 is 2.37 bits per heavy atom. The highest BCUT2D eigenvalue weighted by Gasteiger charge is 2.31. The molecule has 8 heteroatoms. The summed E-state index contributed by atoms with van der Waals surface area (Å²) >= 11 is 0. The summed E-state index contributed by atoms with van der Waals surface area (Å²) in [4.78, 5) is 3.91. The fourth-order valence-corrected chi connectivity index (χ4v) is 3.89. The van der Waals surface area contributed by atoms with E-state index in [4.69, 9.17) is 5.84 Å². The van der Waals surface area contributed by atoms with E-state index in [1.807, 2.05) is 0 Å². The summed E-state index contributed by atoms with van der Waals surface area (Å²) in [5.74, 6) is 5.32. The van der Waals surface area contributed by atoms with E-state index in [2.05, 4.69) is 10.4 Å². The van der Waals surface area contributed by atoms with Gasteiger partial charge in [-0.25, -0.2) is 8.42 Å². The molecule has 0 amide bonds. The fourth-order valence-electron chi connectivity index (χ4n) is 2.24. The topological polar surface area (TPSA) is 109 Å². The molecule has 1 aromatic rings. The minimum atomic E-state index is -3.63. The van der Waals surface area contributed by atoms with Gasteiger partial charge in [0.25, 0.3) is 0 Å². The van der Waals surface area contributed by atoms with Crippen LogP contribution in [0.4, 0.5) is 5.69 Å². The van der Waals surface area contributed by atoms with Gasteiger partial charge in [-0.1, -0.05) is 0 Å². The van der Waals surface area contributed by atoms with Crippen molar-refractivity contribution in [3.8, 4) is 0 Å². The second kappa shape index (κ2) is 5.83. The van der Waals surface area contributed by atoms with E-state index in [0.717, 1.165) is 12.8 Å². The number of pyridine rings is 1. The average molecular weight is 286 g/mol. The molecular formula is C11H18N4O3S. The number of sulfonamides is 1. The van der Waals surface area contributed by atoms with Crippen molar-refractivity contribution >= 4 is 15.7 Å². The number of aromatic nitrogens is 1. The van der Waals surface area contributed by atoms with Gasteiger partial charge in [0.15, 0.2) is 0 Å². The van der Waals surface area contributed by atoms with Crippen molar-refractivity contribution in [3.63, 3.8) is 0 Å². The van der Waals surface area contributed by atoms with E-state index in [0.29, 0.717) is 18.8 Å². The van der Waals surface area contributed by atoms with Crippen LogP contribution in [0.3, 0.4) is 0 Å². The Labute approximate surface area is 112 Å². The minimum Gasteiger partial charge on any atom is -0.396 e. The first-order chi connectivity index (χ1) is 9.09. The predicted molar refractivity (Wildman–Crippen MR) is 70.6 cm³/mol. The monoisotopic (exact) mass is 286 g/mol. The molecule has 1 aliphatic heterocycles. The fraction of sp³-hybridized carbons (Fsp3) is 0.545. The van der Waals surface area contributed by atoms with Crippen LogP contribution in [0.2, 0.25) is 0 Å². The number of hydrogen-bond acceptors (Lipinski definition) is 6. The highest BCUT2D eigenvalue weighted by atomic mass is 32.2. The standard InChI is InChI=1S/C11H18N4O3S/c12-14-10-3-4-13-6-11(10)19(17,18)15-5-1-2-9(7-15)8-16/h3-4,6,9,16H,1-2,5,7-8,12H2,(H,13,14). The molecule has 0 bridgehead atoms. The summed E-state index contributed by atoms with van der Waals surface area (Å²) in [6.07, 6.45) is 4.35. The number of nitrogens with two attached hydrogens (primary N) is 1. The Kier molecular flexibility index (Phi) is 4.35. The zero-order valence-electron chi connectivity index (χ0n) is 10.5. The van der Waals surface area contributed by atoms with Gasteiger partial charge in [0.2, 0.25) is 10.0 Å².